The highest BCUT2D eigenvalue weighted by atomic mass is 35.5. The van der Waals surface area contributed by atoms with Crippen LogP contribution in [0, 0.1) is 5.82 Å². The van der Waals surface area contributed by atoms with Gasteiger partial charge in [0.15, 0.2) is 6.61 Å². The molecule has 0 fully saturated rings. The molecule has 0 bridgehead atoms. The number of ether oxygens (including phenoxy) is 1. The van der Waals surface area contributed by atoms with Gasteiger partial charge in [-0.3, -0.25) is 4.79 Å². The zero-order valence-electron chi connectivity index (χ0n) is 10.6. The van der Waals surface area contributed by atoms with Gasteiger partial charge in [0.25, 0.3) is 5.91 Å². The number of rotatable bonds is 5. The van der Waals surface area contributed by atoms with Gasteiger partial charge in [-0.25, -0.2) is 4.39 Å². The molecule has 0 aliphatic heterocycles. The normalized spacial score (nSPS) is 10.1. The van der Waals surface area contributed by atoms with E-state index in [2.05, 4.69) is 5.32 Å². The van der Waals surface area contributed by atoms with E-state index in [9.17, 15) is 9.18 Å². The van der Waals surface area contributed by atoms with Crippen LogP contribution in [-0.2, 0) is 11.3 Å². The summed E-state index contributed by atoms with van der Waals surface area (Å²) >= 11 is 5.85. The molecule has 0 aliphatic carbocycles. The highest BCUT2D eigenvalue weighted by Crippen LogP contribution is 2.11. The third kappa shape index (κ3) is 4.55. The maximum Gasteiger partial charge on any atom is 0.258 e. The quantitative estimate of drug-likeness (QED) is 0.919. The van der Waals surface area contributed by atoms with E-state index in [0.717, 1.165) is 5.56 Å². The molecule has 1 amide bonds. The number of carbonyl (C=O) groups excluding carboxylic acids is 1. The van der Waals surface area contributed by atoms with Gasteiger partial charge in [0.2, 0.25) is 0 Å². The summed E-state index contributed by atoms with van der Waals surface area (Å²) in [4.78, 5) is 11.6. The Hall–Kier alpha value is -2.07. The molecule has 20 heavy (non-hydrogen) atoms. The summed E-state index contributed by atoms with van der Waals surface area (Å²) in [7, 11) is 0. The summed E-state index contributed by atoms with van der Waals surface area (Å²) in [6, 6.07) is 12.7. The van der Waals surface area contributed by atoms with Crippen LogP contribution >= 0.6 is 11.6 Å². The lowest BCUT2D eigenvalue weighted by Crippen LogP contribution is -2.28. The van der Waals surface area contributed by atoms with Crippen LogP contribution in [0.5, 0.6) is 5.75 Å². The first-order valence-electron chi connectivity index (χ1n) is 6.03. The first-order chi connectivity index (χ1) is 9.63. The van der Waals surface area contributed by atoms with Gasteiger partial charge in [-0.05, 0) is 42.0 Å². The zero-order chi connectivity index (χ0) is 14.4. The molecule has 3 nitrogen and oxygen atoms in total. The number of nitrogens with one attached hydrogen (secondary N) is 1. The highest BCUT2D eigenvalue weighted by molar-refractivity contribution is 6.30. The van der Waals surface area contributed by atoms with Crippen LogP contribution in [0.2, 0.25) is 5.02 Å². The van der Waals surface area contributed by atoms with Gasteiger partial charge in [0, 0.05) is 11.6 Å². The second-order valence-corrected chi connectivity index (χ2v) is 4.59. The minimum Gasteiger partial charge on any atom is -0.484 e. The lowest BCUT2D eigenvalue weighted by Gasteiger charge is -2.07. The Morgan fingerprint density at radius 3 is 2.65 bits per heavy atom. The van der Waals surface area contributed by atoms with Gasteiger partial charge >= 0.3 is 0 Å². The fourth-order valence-corrected chi connectivity index (χ4v) is 1.79. The molecule has 2 aromatic rings. The summed E-state index contributed by atoms with van der Waals surface area (Å²) < 4.78 is 17.9. The fourth-order valence-electron chi connectivity index (χ4n) is 1.58. The van der Waals surface area contributed by atoms with Gasteiger partial charge in [-0.1, -0.05) is 23.7 Å². The second-order valence-electron chi connectivity index (χ2n) is 4.15. The third-order valence-corrected chi connectivity index (χ3v) is 2.80. The molecule has 104 valence electrons. The van der Waals surface area contributed by atoms with Crippen molar-refractivity contribution >= 4 is 17.5 Å². The van der Waals surface area contributed by atoms with Gasteiger partial charge < -0.3 is 10.1 Å². The van der Waals surface area contributed by atoms with Crippen LogP contribution in [0.25, 0.3) is 0 Å². The lowest BCUT2D eigenvalue weighted by atomic mass is 10.2. The van der Waals surface area contributed by atoms with Crippen LogP contribution in [0.15, 0.2) is 48.5 Å². The van der Waals surface area contributed by atoms with Crippen molar-refractivity contribution in [3.8, 4) is 5.75 Å². The molecule has 0 heterocycles. The summed E-state index contributed by atoms with van der Waals surface area (Å²) in [5, 5.41) is 3.34. The Bertz CT molecular complexity index is 587. The number of hydrogen-bond acceptors (Lipinski definition) is 2. The van der Waals surface area contributed by atoms with Crippen molar-refractivity contribution in [3.05, 3.63) is 64.9 Å². The number of amides is 1. The molecular weight excluding hydrogens is 281 g/mol. The first-order valence-corrected chi connectivity index (χ1v) is 6.41. The van der Waals surface area contributed by atoms with E-state index in [4.69, 9.17) is 16.3 Å². The van der Waals surface area contributed by atoms with Crippen molar-refractivity contribution in [2.75, 3.05) is 6.61 Å². The number of hydrogen-bond donors (Lipinski definition) is 1. The Morgan fingerprint density at radius 1 is 1.20 bits per heavy atom. The molecule has 1 N–H and O–H groups in total. The molecule has 0 saturated heterocycles. The van der Waals surface area contributed by atoms with Crippen molar-refractivity contribution in [1.82, 2.24) is 5.32 Å². The smallest absolute Gasteiger partial charge is 0.258 e. The van der Waals surface area contributed by atoms with E-state index < -0.39 is 0 Å². The fraction of sp³-hybridized carbons (Fsp3) is 0.133. The Labute approximate surface area is 121 Å². The zero-order valence-corrected chi connectivity index (χ0v) is 11.4. The lowest BCUT2D eigenvalue weighted by molar-refractivity contribution is -0.123. The second kappa shape index (κ2) is 6.91. The van der Waals surface area contributed by atoms with E-state index in [-0.39, 0.29) is 18.3 Å². The summed E-state index contributed by atoms with van der Waals surface area (Å²) in [6.07, 6.45) is 0. The Balaban J connectivity index is 1.77. The maximum absolute atomic E-state index is 12.7. The molecular formula is C15H13ClFNO2. The van der Waals surface area contributed by atoms with E-state index >= 15 is 0 Å². The van der Waals surface area contributed by atoms with E-state index in [1.807, 2.05) is 12.1 Å². The molecule has 2 aromatic carbocycles. The molecule has 0 atom stereocenters. The molecule has 0 saturated carbocycles. The van der Waals surface area contributed by atoms with Gasteiger partial charge in [-0.2, -0.15) is 0 Å². The molecule has 5 heteroatoms. The van der Waals surface area contributed by atoms with E-state index in [0.29, 0.717) is 17.3 Å². The predicted molar refractivity (Wildman–Crippen MR) is 75.2 cm³/mol. The van der Waals surface area contributed by atoms with Crippen molar-refractivity contribution < 1.29 is 13.9 Å². The van der Waals surface area contributed by atoms with Crippen molar-refractivity contribution in [2.24, 2.45) is 0 Å². The topological polar surface area (TPSA) is 38.3 Å². The monoisotopic (exact) mass is 293 g/mol. The minimum absolute atomic E-state index is 0.119. The average Bonchev–Trinajstić information content (AvgIpc) is 2.45. The van der Waals surface area contributed by atoms with Gasteiger partial charge in [-0.15, -0.1) is 0 Å². The largest absolute Gasteiger partial charge is 0.484 e. The molecule has 0 aliphatic rings. The standard InChI is InChI=1S/C15H13ClFNO2/c16-12-3-1-2-11(8-12)9-18-15(19)10-20-14-6-4-13(17)5-7-14/h1-8H,9-10H2,(H,18,19). The van der Waals surface area contributed by atoms with Crippen molar-refractivity contribution in [2.45, 2.75) is 6.54 Å². The molecule has 0 aromatic heterocycles. The Morgan fingerprint density at radius 2 is 1.95 bits per heavy atom. The maximum atomic E-state index is 12.7. The summed E-state index contributed by atoms with van der Waals surface area (Å²) in [6.45, 7) is 0.262. The molecule has 0 unspecified atom stereocenters. The van der Waals surface area contributed by atoms with Crippen molar-refractivity contribution in [3.63, 3.8) is 0 Å². The molecule has 2 rings (SSSR count). The first kappa shape index (κ1) is 14.3. The average molecular weight is 294 g/mol. The molecule has 0 spiro atoms. The predicted octanol–water partition coefficient (Wildman–Crippen LogP) is 3.17. The highest BCUT2D eigenvalue weighted by Gasteiger charge is 2.03. The molecule has 0 radical (unpaired) electrons. The van der Waals surface area contributed by atoms with Crippen LogP contribution in [0.3, 0.4) is 0 Å². The number of benzene rings is 2. The van der Waals surface area contributed by atoms with Crippen LogP contribution < -0.4 is 10.1 Å². The van der Waals surface area contributed by atoms with Crippen LogP contribution in [0.1, 0.15) is 5.56 Å². The summed E-state index contributed by atoms with van der Waals surface area (Å²) in [5.74, 6) is -0.152. The minimum atomic E-state index is -0.345. The number of carbonyl (C=O) groups is 1. The number of halogens is 2. The summed E-state index contributed by atoms with van der Waals surface area (Å²) in [5.41, 5.74) is 0.910. The SMILES string of the molecule is O=C(COc1ccc(F)cc1)NCc1cccc(Cl)c1. The van der Waals surface area contributed by atoms with Crippen LogP contribution in [-0.4, -0.2) is 12.5 Å². The van der Waals surface area contributed by atoms with E-state index in [1.165, 1.54) is 24.3 Å². The van der Waals surface area contributed by atoms with Crippen molar-refractivity contribution in [1.29, 1.82) is 0 Å². The third-order valence-electron chi connectivity index (χ3n) is 2.56. The van der Waals surface area contributed by atoms with Crippen LogP contribution in [0.4, 0.5) is 4.39 Å². The van der Waals surface area contributed by atoms with Gasteiger partial charge in [0.05, 0.1) is 0 Å². The van der Waals surface area contributed by atoms with Gasteiger partial charge in [0.1, 0.15) is 11.6 Å². The Kier molecular flexibility index (Phi) is 4.96. The van der Waals surface area contributed by atoms with E-state index in [1.54, 1.807) is 12.1 Å².